The van der Waals surface area contributed by atoms with Crippen molar-refractivity contribution < 1.29 is 0 Å². The van der Waals surface area contributed by atoms with Crippen molar-refractivity contribution in [2.75, 3.05) is 5.73 Å². The van der Waals surface area contributed by atoms with Crippen molar-refractivity contribution in [1.29, 1.82) is 0 Å². The van der Waals surface area contributed by atoms with Gasteiger partial charge in [-0.2, -0.15) is 0 Å². The van der Waals surface area contributed by atoms with Crippen molar-refractivity contribution in [3.05, 3.63) is 173 Å². The van der Waals surface area contributed by atoms with E-state index >= 15 is 0 Å². The van der Waals surface area contributed by atoms with Gasteiger partial charge < -0.3 is 5.73 Å². The highest BCUT2D eigenvalue weighted by atomic mass is 14.6. The van der Waals surface area contributed by atoms with Crippen LogP contribution in [0.2, 0.25) is 0 Å². The van der Waals surface area contributed by atoms with Gasteiger partial charge in [-0.1, -0.05) is 175 Å². The number of rotatable bonds is 4. The van der Waals surface area contributed by atoms with Crippen LogP contribution in [-0.2, 0) is 16.2 Å². The molecular weight excluding hydrogens is 555 g/mol. The van der Waals surface area contributed by atoms with Crippen molar-refractivity contribution in [2.24, 2.45) is 0 Å². The summed E-state index contributed by atoms with van der Waals surface area (Å²) in [4.78, 5) is 0. The summed E-state index contributed by atoms with van der Waals surface area (Å²) in [5, 5.41) is 0. The molecule has 6 aromatic rings. The molecule has 2 N–H and O–H groups in total. The molecule has 0 amide bonds. The molecule has 0 aliphatic heterocycles. The maximum absolute atomic E-state index is 7.18. The zero-order valence-corrected chi connectivity index (χ0v) is 27.9. The molecule has 0 unspecified atom stereocenters. The summed E-state index contributed by atoms with van der Waals surface area (Å²) >= 11 is 0. The summed E-state index contributed by atoms with van der Waals surface area (Å²) in [6.45, 7) is 13.7. The maximum Gasteiger partial charge on any atom is 0.0713 e. The first kappa shape index (κ1) is 29.8. The largest absolute Gasteiger partial charge is 0.398 e. The molecule has 46 heavy (non-hydrogen) atoms. The fourth-order valence-corrected chi connectivity index (χ4v) is 7.33. The van der Waals surface area contributed by atoms with E-state index in [-0.39, 0.29) is 10.8 Å². The highest BCUT2D eigenvalue weighted by molar-refractivity contribution is 5.93. The molecule has 0 heterocycles. The second-order valence-electron chi connectivity index (χ2n) is 14.9. The quantitative estimate of drug-likeness (QED) is 0.201. The third-order valence-corrected chi connectivity index (χ3v) is 9.85. The number of para-hydroxylation sites is 1. The van der Waals surface area contributed by atoms with E-state index in [2.05, 4.69) is 181 Å². The average molecular weight is 598 g/mol. The van der Waals surface area contributed by atoms with Gasteiger partial charge in [-0.3, -0.25) is 0 Å². The van der Waals surface area contributed by atoms with E-state index in [1.54, 1.807) is 0 Å². The smallest absolute Gasteiger partial charge is 0.0713 e. The molecule has 1 nitrogen and oxygen atoms in total. The topological polar surface area (TPSA) is 26.0 Å². The van der Waals surface area contributed by atoms with E-state index < -0.39 is 5.41 Å². The molecule has 0 saturated heterocycles. The van der Waals surface area contributed by atoms with Crippen molar-refractivity contribution in [2.45, 2.75) is 57.8 Å². The molecule has 1 heteroatoms. The van der Waals surface area contributed by atoms with E-state index in [9.17, 15) is 0 Å². The monoisotopic (exact) mass is 597 g/mol. The van der Waals surface area contributed by atoms with Crippen LogP contribution in [0.4, 0.5) is 5.69 Å². The molecule has 0 radical (unpaired) electrons. The SMILES string of the molecule is CC(C)(C)c1cc(-c2cccc(-c3ccc4c(c3)C(c3ccccc3)(c3ccccc3)c3ccccc3-4)c2N)cc(C(C)(C)C)c1. The molecule has 7 rings (SSSR count). The lowest BCUT2D eigenvalue weighted by Crippen LogP contribution is -2.28. The van der Waals surface area contributed by atoms with Gasteiger partial charge in [0.1, 0.15) is 0 Å². The minimum absolute atomic E-state index is 0.0234. The van der Waals surface area contributed by atoms with Crippen molar-refractivity contribution in [3.63, 3.8) is 0 Å². The molecule has 228 valence electrons. The van der Waals surface area contributed by atoms with Crippen molar-refractivity contribution in [1.82, 2.24) is 0 Å². The van der Waals surface area contributed by atoms with Gasteiger partial charge in [0.2, 0.25) is 0 Å². The number of benzene rings is 6. The maximum atomic E-state index is 7.18. The Labute approximate surface area is 274 Å². The Balaban J connectivity index is 1.46. The number of hydrogen-bond donors (Lipinski definition) is 1. The van der Waals surface area contributed by atoms with Crippen LogP contribution in [0.15, 0.2) is 140 Å². The average Bonchev–Trinajstić information content (AvgIpc) is 3.35. The summed E-state index contributed by atoms with van der Waals surface area (Å²) in [7, 11) is 0. The lowest BCUT2D eigenvalue weighted by molar-refractivity contribution is 0.569. The molecular formula is C45H43N. The Bertz CT molecular complexity index is 1980. The third kappa shape index (κ3) is 4.77. The third-order valence-electron chi connectivity index (χ3n) is 9.85. The molecule has 0 fully saturated rings. The van der Waals surface area contributed by atoms with E-state index in [1.807, 2.05) is 0 Å². The zero-order valence-electron chi connectivity index (χ0n) is 27.9. The first-order valence-electron chi connectivity index (χ1n) is 16.4. The van der Waals surface area contributed by atoms with Crippen LogP contribution in [-0.4, -0.2) is 0 Å². The number of nitrogens with two attached hydrogens (primary N) is 1. The lowest BCUT2D eigenvalue weighted by atomic mass is 9.67. The molecule has 1 aliphatic rings. The van der Waals surface area contributed by atoms with Gasteiger partial charge in [-0.25, -0.2) is 0 Å². The summed E-state index contributed by atoms with van der Waals surface area (Å²) in [6.07, 6.45) is 0. The van der Waals surface area contributed by atoms with Gasteiger partial charge in [-0.05, 0) is 72.5 Å². The predicted molar refractivity (Wildman–Crippen MR) is 196 cm³/mol. The summed E-state index contributed by atoms with van der Waals surface area (Å²) in [6, 6.07) is 51.3. The summed E-state index contributed by atoms with van der Waals surface area (Å²) in [5.41, 5.74) is 22.4. The van der Waals surface area contributed by atoms with E-state index in [0.29, 0.717) is 0 Å². The van der Waals surface area contributed by atoms with Crippen LogP contribution in [0.25, 0.3) is 33.4 Å². The molecule has 1 aliphatic carbocycles. The van der Waals surface area contributed by atoms with Crippen LogP contribution in [0, 0.1) is 0 Å². The molecule has 0 spiro atoms. The van der Waals surface area contributed by atoms with Crippen LogP contribution >= 0.6 is 0 Å². The molecule has 0 aromatic heterocycles. The van der Waals surface area contributed by atoms with E-state index in [4.69, 9.17) is 5.73 Å². The second-order valence-corrected chi connectivity index (χ2v) is 14.9. The van der Waals surface area contributed by atoms with Crippen LogP contribution in [0.1, 0.15) is 74.9 Å². The number of nitrogen functional groups attached to an aromatic ring is 1. The van der Waals surface area contributed by atoms with Gasteiger partial charge in [0.15, 0.2) is 0 Å². The van der Waals surface area contributed by atoms with Crippen LogP contribution < -0.4 is 5.73 Å². The van der Waals surface area contributed by atoms with Gasteiger partial charge in [0, 0.05) is 16.8 Å². The standard InChI is InChI=1S/C45H43N/c1-43(2,3)34-26-31(27-35(29-34)44(4,5)6)37-22-15-21-36(42(37)46)30-24-25-39-38-20-13-14-23-40(38)45(41(39)28-30,32-16-9-7-10-17-32)33-18-11-8-12-19-33/h7-29H,46H2,1-6H3. The Hall–Kier alpha value is -4.88. The van der Waals surface area contributed by atoms with Gasteiger partial charge in [-0.15, -0.1) is 0 Å². The zero-order chi connectivity index (χ0) is 32.3. The summed E-state index contributed by atoms with van der Waals surface area (Å²) in [5.74, 6) is 0. The van der Waals surface area contributed by atoms with E-state index in [0.717, 1.165) is 22.4 Å². The Kier molecular flexibility index (Phi) is 7.05. The molecule has 6 aromatic carbocycles. The van der Waals surface area contributed by atoms with Crippen LogP contribution in [0.5, 0.6) is 0 Å². The van der Waals surface area contributed by atoms with Gasteiger partial charge in [0.05, 0.1) is 5.41 Å². The van der Waals surface area contributed by atoms with Crippen molar-refractivity contribution in [3.8, 4) is 33.4 Å². The fraction of sp³-hybridized carbons (Fsp3) is 0.200. The Morgan fingerprint density at radius 1 is 0.413 bits per heavy atom. The van der Waals surface area contributed by atoms with Gasteiger partial charge >= 0.3 is 0 Å². The minimum Gasteiger partial charge on any atom is -0.398 e. The van der Waals surface area contributed by atoms with Gasteiger partial charge in [0.25, 0.3) is 0 Å². The number of anilines is 1. The first-order valence-corrected chi connectivity index (χ1v) is 16.4. The lowest BCUT2D eigenvalue weighted by Gasteiger charge is -2.34. The van der Waals surface area contributed by atoms with E-state index in [1.165, 1.54) is 50.1 Å². The van der Waals surface area contributed by atoms with Crippen molar-refractivity contribution >= 4 is 5.69 Å². The number of hydrogen-bond acceptors (Lipinski definition) is 1. The Morgan fingerprint density at radius 2 is 0.891 bits per heavy atom. The summed E-state index contributed by atoms with van der Waals surface area (Å²) < 4.78 is 0. The predicted octanol–water partition coefficient (Wildman–Crippen LogP) is 11.6. The minimum atomic E-state index is -0.445. The Morgan fingerprint density at radius 3 is 1.46 bits per heavy atom. The first-order chi connectivity index (χ1) is 22.0. The van der Waals surface area contributed by atoms with Crippen LogP contribution in [0.3, 0.4) is 0 Å². The number of fused-ring (bicyclic) bond motifs is 3. The second kappa shape index (κ2) is 10.9. The molecule has 0 bridgehead atoms. The highest BCUT2D eigenvalue weighted by Crippen LogP contribution is 2.57. The molecule has 0 saturated carbocycles. The normalized spacial score (nSPS) is 13.7. The highest BCUT2D eigenvalue weighted by Gasteiger charge is 2.46. The fourth-order valence-electron chi connectivity index (χ4n) is 7.33. The molecule has 0 atom stereocenters.